The van der Waals surface area contributed by atoms with Gasteiger partial charge in [-0.1, -0.05) is 26.7 Å². The van der Waals surface area contributed by atoms with Gasteiger partial charge in [-0.3, -0.25) is 0 Å². The number of aliphatic hydroxyl groups is 1. The van der Waals surface area contributed by atoms with Crippen molar-refractivity contribution in [2.75, 3.05) is 17.6 Å². The first-order valence-corrected chi connectivity index (χ1v) is 6.72. The van der Waals surface area contributed by atoms with Crippen molar-refractivity contribution in [2.45, 2.75) is 32.8 Å². The van der Waals surface area contributed by atoms with E-state index >= 15 is 0 Å². The van der Waals surface area contributed by atoms with Crippen LogP contribution in [0.5, 0.6) is 0 Å². The average molecular weight is 263 g/mol. The molecule has 2 rings (SSSR count). The van der Waals surface area contributed by atoms with E-state index in [0.29, 0.717) is 29.7 Å². The molecule has 1 heterocycles. The Morgan fingerprint density at radius 2 is 2.11 bits per heavy atom. The molecule has 0 amide bonds. The van der Waals surface area contributed by atoms with Crippen LogP contribution in [0.15, 0.2) is 22.6 Å². The summed E-state index contributed by atoms with van der Waals surface area (Å²) in [6, 6.07) is 5.75. The fourth-order valence-electron chi connectivity index (χ4n) is 2.21. The molecule has 5 nitrogen and oxygen atoms in total. The zero-order chi connectivity index (χ0) is 13.8. The molecular weight excluding hydrogens is 242 g/mol. The summed E-state index contributed by atoms with van der Waals surface area (Å²) >= 11 is 0. The lowest BCUT2D eigenvalue weighted by Gasteiger charge is -2.19. The number of aromatic nitrogens is 1. The van der Waals surface area contributed by atoms with Gasteiger partial charge >= 0.3 is 0 Å². The summed E-state index contributed by atoms with van der Waals surface area (Å²) in [5.74, 6) is 0.299. The topological polar surface area (TPSA) is 84.3 Å². The Labute approximate surface area is 112 Å². The van der Waals surface area contributed by atoms with E-state index in [2.05, 4.69) is 24.1 Å². The number of aliphatic hydroxyl groups excluding tert-OH is 1. The number of nitrogen functional groups attached to an aromatic ring is 1. The SMILES string of the molecule is CCC(CC)C(O)CNc1nc2cc(N)ccc2o1. The van der Waals surface area contributed by atoms with Crippen molar-refractivity contribution in [3.8, 4) is 0 Å². The van der Waals surface area contributed by atoms with Gasteiger partial charge in [-0.15, -0.1) is 0 Å². The Balaban J connectivity index is 2.01. The molecule has 19 heavy (non-hydrogen) atoms. The molecule has 5 heteroatoms. The number of nitrogens with one attached hydrogen (secondary N) is 1. The summed E-state index contributed by atoms with van der Waals surface area (Å²) < 4.78 is 5.53. The minimum Gasteiger partial charge on any atom is -0.424 e. The first-order valence-electron chi connectivity index (χ1n) is 6.72. The minimum atomic E-state index is -0.393. The molecule has 1 aromatic heterocycles. The van der Waals surface area contributed by atoms with E-state index < -0.39 is 6.10 Å². The van der Waals surface area contributed by atoms with Gasteiger partial charge in [0.25, 0.3) is 6.01 Å². The number of rotatable bonds is 6. The zero-order valence-corrected chi connectivity index (χ0v) is 11.4. The molecule has 0 fully saturated rings. The maximum atomic E-state index is 10.0. The lowest BCUT2D eigenvalue weighted by Crippen LogP contribution is -2.27. The fourth-order valence-corrected chi connectivity index (χ4v) is 2.21. The van der Waals surface area contributed by atoms with Gasteiger partial charge in [0.2, 0.25) is 0 Å². The lowest BCUT2D eigenvalue weighted by molar-refractivity contribution is 0.114. The van der Waals surface area contributed by atoms with E-state index in [9.17, 15) is 5.11 Å². The summed E-state index contributed by atoms with van der Waals surface area (Å²) in [6.07, 6.45) is 1.53. The molecule has 0 saturated heterocycles. The van der Waals surface area contributed by atoms with Crippen LogP contribution in [0.2, 0.25) is 0 Å². The summed E-state index contributed by atoms with van der Waals surface area (Å²) in [5, 5.41) is 13.1. The van der Waals surface area contributed by atoms with Gasteiger partial charge in [-0.05, 0) is 24.1 Å². The predicted octanol–water partition coefficient (Wildman–Crippen LogP) is 2.62. The van der Waals surface area contributed by atoms with Crippen LogP contribution < -0.4 is 11.1 Å². The van der Waals surface area contributed by atoms with Crippen molar-refractivity contribution in [3.05, 3.63) is 18.2 Å². The van der Waals surface area contributed by atoms with E-state index in [4.69, 9.17) is 10.2 Å². The summed E-state index contributed by atoms with van der Waals surface area (Å²) in [7, 11) is 0. The molecule has 2 aromatic rings. The number of hydrogen-bond acceptors (Lipinski definition) is 5. The molecule has 0 bridgehead atoms. The second-order valence-corrected chi connectivity index (χ2v) is 4.77. The highest BCUT2D eigenvalue weighted by Gasteiger charge is 2.16. The van der Waals surface area contributed by atoms with E-state index in [1.54, 1.807) is 18.2 Å². The molecule has 0 saturated carbocycles. The molecule has 0 spiro atoms. The van der Waals surface area contributed by atoms with Gasteiger partial charge < -0.3 is 20.6 Å². The third kappa shape index (κ3) is 3.17. The number of benzene rings is 1. The second kappa shape index (κ2) is 5.93. The highest BCUT2D eigenvalue weighted by Crippen LogP contribution is 2.21. The predicted molar refractivity (Wildman–Crippen MR) is 77.0 cm³/mol. The highest BCUT2D eigenvalue weighted by atomic mass is 16.4. The van der Waals surface area contributed by atoms with Crippen LogP contribution in [-0.4, -0.2) is 22.7 Å². The van der Waals surface area contributed by atoms with Crippen molar-refractivity contribution >= 4 is 22.8 Å². The number of fused-ring (bicyclic) bond motifs is 1. The monoisotopic (exact) mass is 263 g/mol. The number of hydrogen-bond donors (Lipinski definition) is 3. The third-order valence-electron chi connectivity index (χ3n) is 3.47. The van der Waals surface area contributed by atoms with E-state index in [1.165, 1.54) is 0 Å². The molecule has 0 radical (unpaired) electrons. The lowest BCUT2D eigenvalue weighted by atomic mass is 9.97. The normalized spacial score (nSPS) is 13.1. The first-order chi connectivity index (χ1) is 9.13. The average Bonchev–Trinajstić information content (AvgIpc) is 2.79. The standard InChI is InChI=1S/C14H21N3O2/c1-3-9(4-2)12(18)8-16-14-17-11-7-10(15)5-6-13(11)19-14/h5-7,9,12,18H,3-4,8,15H2,1-2H3,(H,16,17). The van der Waals surface area contributed by atoms with E-state index in [0.717, 1.165) is 18.4 Å². The molecule has 0 aliphatic rings. The Kier molecular flexibility index (Phi) is 4.27. The van der Waals surface area contributed by atoms with Crippen molar-refractivity contribution in [1.29, 1.82) is 0 Å². The molecule has 0 aliphatic carbocycles. The van der Waals surface area contributed by atoms with Gasteiger partial charge in [0, 0.05) is 12.2 Å². The van der Waals surface area contributed by atoms with Crippen LogP contribution >= 0.6 is 0 Å². The maximum absolute atomic E-state index is 10.0. The number of nitrogens with zero attached hydrogens (tertiary/aromatic N) is 1. The van der Waals surface area contributed by atoms with Gasteiger partial charge in [-0.2, -0.15) is 4.98 Å². The van der Waals surface area contributed by atoms with Crippen molar-refractivity contribution < 1.29 is 9.52 Å². The summed E-state index contributed by atoms with van der Waals surface area (Å²) in [4.78, 5) is 4.29. The molecule has 1 atom stereocenters. The van der Waals surface area contributed by atoms with Crippen LogP contribution in [0.25, 0.3) is 11.1 Å². The molecule has 0 aliphatic heterocycles. The van der Waals surface area contributed by atoms with Gasteiger partial charge in [0.1, 0.15) is 5.52 Å². The highest BCUT2D eigenvalue weighted by molar-refractivity contribution is 5.78. The Morgan fingerprint density at radius 3 is 2.79 bits per heavy atom. The van der Waals surface area contributed by atoms with Crippen molar-refractivity contribution in [1.82, 2.24) is 4.98 Å². The Morgan fingerprint density at radius 1 is 1.37 bits per heavy atom. The van der Waals surface area contributed by atoms with Crippen LogP contribution in [-0.2, 0) is 0 Å². The molecular formula is C14H21N3O2. The minimum absolute atomic E-state index is 0.299. The van der Waals surface area contributed by atoms with Gasteiger partial charge in [0.05, 0.1) is 6.10 Å². The van der Waals surface area contributed by atoms with E-state index in [-0.39, 0.29) is 0 Å². The number of oxazole rings is 1. The quantitative estimate of drug-likeness (QED) is 0.698. The molecule has 1 unspecified atom stereocenters. The smallest absolute Gasteiger partial charge is 0.295 e. The zero-order valence-electron chi connectivity index (χ0n) is 11.4. The van der Waals surface area contributed by atoms with Gasteiger partial charge in [-0.25, -0.2) is 0 Å². The van der Waals surface area contributed by atoms with E-state index in [1.807, 2.05) is 0 Å². The molecule has 4 N–H and O–H groups in total. The van der Waals surface area contributed by atoms with Crippen molar-refractivity contribution in [2.24, 2.45) is 5.92 Å². The number of anilines is 2. The van der Waals surface area contributed by atoms with Crippen LogP contribution in [0.3, 0.4) is 0 Å². The molecule has 104 valence electrons. The Hall–Kier alpha value is -1.75. The molecule has 1 aromatic carbocycles. The van der Waals surface area contributed by atoms with Crippen molar-refractivity contribution in [3.63, 3.8) is 0 Å². The van der Waals surface area contributed by atoms with Gasteiger partial charge in [0.15, 0.2) is 5.58 Å². The Bertz CT molecular complexity index is 534. The second-order valence-electron chi connectivity index (χ2n) is 4.77. The van der Waals surface area contributed by atoms with Crippen LogP contribution in [0.1, 0.15) is 26.7 Å². The largest absolute Gasteiger partial charge is 0.424 e. The third-order valence-corrected chi connectivity index (χ3v) is 3.47. The van der Waals surface area contributed by atoms with Crippen LogP contribution in [0.4, 0.5) is 11.7 Å². The summed E-state index contributed by atoms with van der Waals surface area (Å²) in [5.41, 5.74) is 7.76. The maximum Gasteiger partial charge on any atom is 0.295 e. The van der Waals surface area contributed by atoms with Crippen LogP contribution in [0, 0.1) is 5.92 Å². The fraction of sp³-hybridized carbons (Fsp3) is 0.500. The number of nitrogens with two attached hydrogens (primary N) is 1. The summed E-state index contributed by atoms with van der Waals surface area (Å²) in [6.45, 7) is 4.61. The first kappa shape index (κ1) is 13.7.